The summed E-state index contributed by atoms with van der Waals surface area (Å²) in [5, 5.41) is 0. The fourth-order valence-corrected chi connectivity index (χ4v) is 6.57. The third-order valence-electron chi connectivity index (χ3n) is 9.38. The van der Waals surface area contributed by atoms with E-state index in [1.54, 1.807) is 0 Å². The number of carbonyl (C=O) groups excluding carboxylic acids is 2. The Hall–Kier alpha value is -1.77. The molecule has 0 N–H and O–H groups in total. The molecule has 0 amide bonds. The van der Waals surface area contributed by atoms with E-state index < -0.39 is 32.5 Å². The number of phosphoric acid groups is 1. The molecule has 0 aromatic carbocycles. The second-order valence-electron chi connectivity index (χ2n) is 16.1. The van der Waals surface area contributed by atoms with Crippen LogP contribution in [0.2, 0.25) is 0 Å². The molecule has 0 saturated heterocycles. The number of esters is 2. The van der Waals surface area contributed by atoms with E-state index in [-0.39, 0.29) is 26.1 Å². The Labute approximate surface area is 338 Å². The molecular formula is C45H84NO8P. The predicted molar refractivity (Wildman–Crippen MR) is 227 cm³/mol. The third-order valence-corrected chi connectivity index (χ3v) is 10.3. The van der Waals surface area contributed by atoms with Gasteiger partial charge >= 0.3 is 11.9 Å². The summed E-state index contributed by atoms with van der Waals surface area (Å²) in [6, 6.07) is 0. The van der Waals surface area contributed by atoms with Crippen LogP contribution in [0.3, 0.4) is 0 Å². The number of hydrogen-bond acceptors (Lipinski definition) is 8. The first-order chi connectivity index (χ1) is 26.5. The minimum Gasteiger partial charge on any atom is -0.756 e. The minimum absolute atomic E-state index is 0.0342. The molecular weight excluding hydrogens is 713 g/mol. The lowest BCUT2D eigenvalue weighted by atomic mass is 10.1. The van der Waals surface area contributed by atoms with Gasteiger partial charge in [0.1, 0.15) is 19.8 Å². The van der Waals surface area contributed by atoms with Crippen molar-refractivity contribution in [3.05, 3.63) is 36.5 Å². The van der Waals surface area contributed by atoms with Gasteiger partial charge in [0.15, 0.2) is 6.10 Å². The zero-order valence-corrected chi connectivity index (χ0v) is 37.0. The Morgan fingerprint density at radius 3 is 1.51 bits per heavy atom. The van der Waals surface area contributed by atoms with Gasteiger partial charge in [-0.15, -0.1) is 0 Å². The Balaban J connectivity index is 4.37. The molecule has 10 heteroatoms. The van der Waals surface area contributed by atoms with E-state index >= 15 is 0 Å². The maximum Gasteiger partial charge on any atom is 0.306 e. The average Bonchev–Trinajstić information content (AvgIpc) is 3.13. The van der Waals surface area contributed by atoms with Crippen molar-refractivity contribution in [3.8, 4) is 0 Å². The third kappa shape index (κ3) is 41.7. The molecule has 0 aliphatic carbocycles. The smallest absolute Gasteiger partial charge is 0.306 e. The van der Waals surface area contributed by atoms with Crippen molar-refractivity contribution in [2.24, 2.45) is 0 Å². The first kappa shape index (κ1) is 53.2. The maximum absolute atomic E-state index is 12.7. The molecule has 0 radical (unpaired) electrons. The molecule has 9 nitrogen and oxygen atoms in total. The highest BCUT2D eigenvalue weighted by molar-refractivity contribution is 7.45. The molecule has 55 heavy (non-hydrogen) atoms. The zero-order chi connectivity index (χ0) is 40.7. The van der Waals surface area contributed by atoms with Gasteiger partial charge in [-0.3, -0.25) is 14.2 Å². The van der Waals surface area contributed by atoms with E-state index in [9.17, 15) is 19.0 Å². The van der Waals surface area contributed by atoms with Gasteiger partial charge in [-0.05, 0) is 64.2 Å². The second-order valence-corrected chi connectivity index (χ2v) is 17.5. The normalized spacial score (nSPS) is 13.9. The molecule has 0 bridgehead atoms. The summed E-state index contributed by atoms with van der Waals surface area (Å²) >= 11 is 0. The standard InChI is InChI=1S/C45H84NO8P/c1-6-8-10-12-14-16-18-20-22-23-24-26-28-30-32-34-36-38-45(48)54-43(42-53-55(49,50)52-40-39-46(3,4)5)41-51-44(47)37-35-33-31-29-27-25-21-19-17-15-13-11-9-7-2/h13,15,19-22,43H,6-12,14,16-18,23-42H2,1-5H3/b15-13-,21-19-,22-20-/t43-/m1/s1. The van der Waals surface area contributed by atoms with Crippen LogP contribution in [0, 0.1) is 0 Å². The summed E-state index contributed by atoms with van der Waals surface area (Å²) in [7, 11) is 1.15. The summed E-state index contributed by atoms with van der Waals surface area (Å²) in [5.41, 5.74) is 0. The van der Waals surface area contributed by atoms with Crippen molar-refractivity contribution in [1.29, 1.82) is 0 Å². The van der Waals surface area contributed by atoms with Gasteiger partial charge in [0, 0.05) is 12.8 Å². The van der Waals surface area contributed by atoms with Crippen LogP contribution in [0.5, 0.6) is 0 Å². The molecule has 0 fully saturated rings. The summed E-state index contributed by atoms with van der Waals surface area (Å²) in [6.45, 7) is 4.16. The van der Waals surface area contributed by atoms with Crippen LogP contribution in [-0.4, -0.2) is 70.0 Å². The SMILES string of the molecule is CCCC/C=C\C/C=C\CCCCCCCC(=O)OC[C@H](COP(=O)([O-])OCC[N+](C)(C)C)OC(=O)CCCCCCCCC/C=C\CCCCCCCC. The molecule has 2 atom stereocenters. The van der Waals surface area contributed by atoms with Gasteiger partial charge in [0.2, 0.25) is 0 Å². The van der Waals surface area contributed by atoms with Crippen molar-refractivity contribution in [2.45, 2.75) is 193 Å². The number of rotatable bonds is 40. The molecule has 0 aliphatic heterocycles. The average molecular weight is 798 g/mol. The van der Waals surface area contributed by atoms with Gasteiger partial charge in [-0.2, -0.15) is 0 Å². The lowest BCUT2D eigenvalue weighted by Crippen LogP contribution is -2.37. The quantitative estimate of drug-likeness (QED) is 0.0198. The van der Waals surface area contributed by atoms with Crippen LogP contribution in [0.15, 0.2) is 36.5 Å². The lowest BCUT2D eigenvalue weighted by molar-refractivity contribution is -0.870. The molecule has 0 spiro atoms. The highest BCUT2D eigenvalue weighted by atomic mass is 31.2. The fourth-order valence-electron chi connectivity index (χ4n) is 5.84. The van der Waals surface area contributed by atoms with Crippen molar-refractivity contribution in [2.75, 3.05) is 47.5 Å². The highest BCUT2D eigenvalue weighted by Crippen LogP contribution is 2.38. The van der Waals surface area contributed by atoms with Crippen LogP contribution in [-0.2, 0) is 32.7 Å². The summed E-state index contributed by atoms with van der Waals surface area (Å²) < 4.78 is 33.9. The number of carbonyl (C=O) groups is 2. The number of unbranched alkanes of at least 4 members (excludes halogenated alkanes) is 20. The Kier molecular flexibility index (Phi) is 36.6. The molecule has 1 unspecified atom stereocenters. The molecule has 322 valence electrons. The fraction of sp³-hybridized carbons (Fsp3) is 0.822. The predicted octanol–water partition coefficient (Wildman–Crippen LogP) is 11.9. The van der Waals surface area contributed by atoms with Gasteiger partial charge in [0.25, 0.3) is 7.82 Å². The highest BCUT2D eigenvalue weighted by Gasteiger charge is 2.21. The van der Waals surface area contributed by atoms with Crippen LogP contribution in [0.25, 0.3) is 0 Å². The van der Waals surface area contributed by atoms with Crippen molar-refractivity contribution in [1.82, 2.24) is 0 Å². The van der Waals surface area contributed by atoms with Crippen molar-refractivity contribution >= 4 is 19.8 Å². The molecule has 0 aromatic rings. The molecule has 0 heterocycles. The van der Waals surface area contributed by atoms with E-state index in [2.05, 4.69) is 50.3 Å². The summed E-state index contributed by atoms with van der Waals surface area (Å²) in [4.78, 5) is 37.5. The van der Waals surface area contributed by atoms with Gasteiger partial charge in [0.05, 0.1) is 27.7 Å². The number of phosphoric ester groups is 1. The van der Waals surface area contributed by atoms with Crippen molar-refractivity contribution < 1.29 is 42.1 Å². The number of likely N-dealkylation sites (N-methyl/N-ethyl adjacent to an activating group) is 1. The maximum atomic E-state index is 12.7. The van der Waals surface area contributed by atoms with Crippen LogP contribution < -0.4 is 4.89 Å². The van der Waals surface area contributed by atoms with E-state index in [4.69, 9.17) is 18.5 Å². The Morgan fingerprint density at radius 2 is 1.00 bits per heavy atom. The van der Waals surface area contributed by atoms with E-state index in [1.165, 1.54) is 77.0 Å². The van der Waals surface area contributed by atoms with Gasteiger partial charge in [-0.25, -0.2) is 0 Å². The largest absolute Gasteiger partial charge is 0.756 e. The number of quaternary nitrogens is 1. The monoisotopic (exact) mass is 798 g/mol. The van der Waals surface area contributed by atoms with Crippen LogP contribution >= 0.6 is 7.82 Å². The first-order valence-electron chi connectivity index (χ1n) is 22.2. The van der Waals surface area contributed by atoms with E-state index in [0.29, 0.717) is 23.9 Å². The number of hydrogen-bond donors (Lipinski definition) is 0. The first-order valence-corrected chi connectivity index (χ1v) is 23.7. The second kappa shape index (κ2) is 37.8. The van der Waals surface area contributed by atoms with Crippen LogP contribution in [0.4, 0.5) is 0 Å². The number of allylic oxidation sites excluding steroid dienone is 6. The molecule has 0 aromatic heterocycles. The molecule has 0 aliphatic rings. The number of nitrogens with zero attached hydrogens (tertiary/aromatic N) is 1. The number of ether oxygens (including phenoxy) is 2. The zero-order valence-electron chi connectivity index (χ0n) is 36.1. The lowest BCUT2D eigenvalue weighted by Gasteiger charge is -2.28. The Bertz CT molecular complexity index is 1040. The minimum atomic E-state index is -4.63. The summed E-state index contributed by atoms with van der Waals surface area (Å²) in [5.74, 6) is -0.855. The summed E-state index contributed by atoms with van der Waals surface area (Å²) in [6.07, 6.45) is 41.6. The van der Waals surface area contributed by atoms with Crippen molar-refractivity contribution in [3.63, 3.8) is 0 Å². The van der Waals surface area contributed by atoms with Gasteiger partial charge in [-0.1, -0.05) is 147 Å². The molecule has 0 saturated carbocycles. The van der Waals surface area contributed by atoms with Crippen LogP contribution in [0.1, 0.15) is 187 Å². The van der Waals surface area contributed by atoms with Gasteiger partial charge < -0.3 is 27.9 Å². The Morgan fingerprint density at radius 1 is 0.564 bits per heavy atom. The topological polar surface area (TPSA) is 111 Å². The molecule has 0 rings (SSSR count). The van der Waals surface area contributed by atoms with E-state index in [1.807, 2.05) is 21.1 Å². The van der Waals surface area contributed by atoms with E-state index in [0.717, 1.165) is 70.6 Å².